The van der Waals surface area contributed by atoms with Crippen molar-refractivity contribution in [2.75, 3.05) is 6.26 Å². The van der Waals surface area contributed by atoms with Crippen LogP contribution in [-0.4, -0.2) is 14.7 Å². The highest BCUT2D eigenvalue weighted by Crippen LogP contribution is 2.05. The maximum absolute atomic E-state index is 10.2. The van der Waals surface area contributed by atoms with Crippen LogP contribution < -0.4 is 0 Å². The Morgan fingerprint density at radius 2 is 2.22 bits per heavy atom. The van der Waals surface area contributed by atoms with Crippen LogP contribution in [0.5, 0.6) is 0 Å². The van der Waals surface area contributed by atoms with Gasteiger partial charge in [0, 0.05) is 6.42 Å². The number of hydrogen-bond acceptors (Lipinski definition) is 2. The Labute approximate surface area is 63.6 Å². The van der Waals surface area contributed by atoms with Crippen LogP contribution in [0.2, 0.25) is 0 Å². The van der Waals surface area contributed by atoms with E-state index < -0.39 is 0 Å². The fourth-order valence-electron chi connectivity index (χ4n) is 0.382. The lowest BCUT2D eigenvalue weighted by Crippen LogP contribution is -1.89. The van der Waals surface area contributed by atoms with Gasteiger partial charge in [-0.05, 0) is 13.2 Å². The van der Waals surface area contributed by atoms with Crippen LogP contribution in [0.3, 0.4) is 0 Å². The van der Waals surface area contributed by atoms with Crippen molar-refractivity contribution in [3.05, 3.63) is 12.2 Å². The second-order valence-electron chi connectivity index (χ2n) is 1.79. The second kappa shape index (κ2) is 4.82. The zero-order valence-electron chi connectivity index (χ0n) is 5.64. The Balaban J connectivity index is 3.87. The van der Waals surface area contributed by atoms with Gasteiger partial charge in [0.1, 0.15) is 0 Å². The summed E-state index contributed by atoms with van der Waals surface area (Å²) >= 11 is 2.07. The van der Waals surface area contributed by atoms with Crippen LogP contribution in [0.15, 0.2) is 12.2 Å². The molecule has 0 heterocycles. The van der Waals surface area contributed by atoms with Crippen molar-refractivity contribution in [1.29, 1.82) is 0 Å². The van der Waals surface area contributed by atoms with Crippen LogP contribution in [-0.2, 0) is 11.3 Å². The summed E-state index contributed by atoms with van der Waals surface area (Å²) in [6.07, 6.45) is 2.65. The SMILES string of the molecule is C=C(C)CC(SC)=S=O. The predicted molar refractivity (Wildman–Crippen MR) is 46.1 cm³/mol. The molecule has 0 aliphatic carbocycles. The highest BCUT2D eigenvalue weighted by Gasteiger charge is 1.94. The minimum Gasteiger partial charge on any atom is -0.212 e. The maximum atomic E-state index is 10.2. The largest absolute Gasteiger partial charge is 0.212 e. The first-order valence-corrected chi connectivity index (χ1v) is 4.51. The molecule has 0 fully saturated rings. The van der Waals surface area contributed by atoms with E-state index in [1.807, 2.05) is 13.2 Å². The van der Waals surface area contributed by atoms with Gasteiger partial charge in [-0.25, -0.2) is 4.21 Å². The van der Waals surface area contributed by atoms with Gasteiger partial charge in [-0.3, -0.25) is 0 Å². The average Bonchev–Trinajstić information content (AvgIpc) is 1.82. The van der Waals surface area contributed by atoms with E-state index in [1.165, 1.54) is 11.8 Å². The lowest BCUT2D eigenvalue weighted by Gasteiger charge is -1.94. The monoisotopic (exact) mass is 162 g/mol. The lowest BCUT2D eigenvalue weighted by atomic mass is 10.3. The fourth-order valence-corrected chi connectivity index (χ4v) is 1.35. The summed E-state index contributed by atoms with van der Waals surface area (Å²) in [5, 5.41) is 0. The van der Waals surface area contributed by atoms with E-state index in [-0.39, 0.29) is 0 Å². The third-order valence-corrected chi connectivity index (χ3v) is 2.40. The van der Waals surface area contributed by atoms with Gasteiger partial charge in [-0.1, -0.05) is 12.2 Å². The first-order valence-electron chi connectivity index (χ1n) is 2.54. The van der Waals surface area contributed by atoms with Crippen LogP contribution in [0.25, 0.3) is 0 Å². The summed E-state index contributed by atoms with van der Waals surface area (Å²) < 4.78 is 11.1. The molecule has 0 aromatic rings. The van der Waals surface area contributed by atoms with Gasteiger partial charge in [-0.15, -0.1) is 11.8 Å². The van der Waals surface area contributed by atoms with Crippen molar-refractivity contribution >= 4 is 27.2 Å². The quantitative estimate of drug-likeness (QED) is 0.454. The topological polar surface area (TPSA) is 17.1 Å². The number of allylic oxidation sites excluding steroid dienone is 1. The molecule has 0 saturated heterocycles. The summed E-state index contributed by atoms with van der Waals surface area (Å²) in [7, 11) is 0. The first-order chi connectivity index (χ1) is 4.20. The summed E-state index contributed by atoms with van der Waals surface area (Å²) in [5.41, 5.74) is 1.04. The van der Waals surface area contributed by atoms with E-state index in [0.717, 1.165) is 16.2 Å². The molecule has 1 nitrogen and oxygen atoms in total. The molecule has 0 aliphatic rings. The van der Waals surface area contributed by atoms with Crippen molar-refractivity contribution in [2.24, 2.45) is 0 Å². The van der Waals surface area contributed by atoms with E-state index in [0.29, 0.717) is 11.3 Å². The Morgan fingerprint density at radius 1 is 1.67 bits per heavy atom. The Kier molecular flexibility index (Phi) is 4.81. The fraction of sp³-hybridized carbons (Fsp3) is 0.500. The van der Waals surface area contributed by atoms with Crippen LogP contribution in [0, 0.1) is 0 Å². The molecule has 0 aliphatic heterocycles. The Bertz CT molecular complexity index is 156. The molecule has 0 amide bonds. The van der Waals surface area contributed by atoms with Gasteiger partial charge < -0.3 is 0 Å². The molecule has 0 rings (SSSR count). The minimum atomic E-state index is 0.567. The zero-order valence-corrected chi connectivity index (χ0v) is 7.27. The van der Waals surface area contributed by atoms with Gasteiger partial charge in [0.05, 0.1) is 15.5 Å². The third kappa shape index (κ3) is 4.48. The van der Waals surface area contributed by atoms with Gasteiger partial charge in [0.25, 0.3) is 0 Å². The highest BCUT2D eigenvalue weighted by atomic mass is 32.2. The van der Waals surface area contributed by atoms with E-state index in [2.05, 4.69) is 6.58 Å². The minimum absolute atomic E-state index is 0.567. The normalized spacial score (nSPS) is 8.67. The van der Waals surface area contributed by atoms with Crippen molar-refractivity contribution in [1.82, 2.24) is 0 Å². The molecule has 0 aromatic carbocycles. The van der Waals surface area contributed by atoms with E-state index >= 15 is 0 Å². The molecule has 52 valence electrons. The molecule has 0 saturated carbocycles. The molecule has 0 aromatic heterocycles. The second-order valence-corrected chi connectivity index (χ2v) is 3.61. The number of rotatable bonds is 2. The zero-order chi connectivity index (χ0) is 7.28. The molecule has 0 bridgehead atoms. The van der Waals surface area contributed by atoms with Gasteiger partial charge in [0.2, 0.25) is 0 Å². The lowest BCUT2D eigenvalue weighted by molar-refractivity contribution is 0.701. The van der Waals surface area contributed by atoms with E-state index in [9.17, 15) is 4.21 Å². The molecule has 9 heavy (non-hydrogen) atoms. The molecular formula is C6H10OS2. The summed E-state index contributed by atoms with van der Waals surface area (Å²) in [4.78, 5) is 0. The van der Waals surface area contributed by atoms with Gasteiger partial charge in [0.15, 0.2) is 0 Å². The summed E-state index contributed by atoms with van der Waals surface area (Å²) in [6, 6.07) is 0. The van der Waals surface area contributed by atoms with Crippen LogP contribution in [0.1, 0.15) is 13.3 Å². The Morgan fingerprint density at radius 3 is 2.33 bits per heavy atom. The molecule has 3 heteroatoms. The highest BCUT2D eigenvalue weighted by molar-refractivity contribution is 8.20. The van der Waals surface area contributed by atoms with Crippen molar-refractivity contribution in [3.8, 4) is 0 Å². The van der Waals surface area contributed by atoms with Crippen molar-refractivity contribution < 1.29 is 4.21 Å². The molecule has 0 N–H and O–H groups in total. The summed E-state index contributed by atoms with van der Waals surface area (Å²) in [6.45, 7) is 5.63. The van der Waals surface area contributed by atoms with Gasteiger partial charge in [-0.2, -0.15) is 0 Å². The average molecular weight is 162 g/mol. The number of hydrogen-bond donors (Lipinski definition) is 0. The van der Waals surface area contributed by atoms with E-state index in [1.54, 1.807) is 0 Å². The molecule has 0 atom stereocenters. The molecule has 0 radical (unpaired) electrons. The molecule has 0 spiro atoms. The van der Waals surface area contributed by atoms with Crippen LogP contribution >= 0.6 is 11.8 Å². The molecule has 0 unspecified atom stereocenters. The maximum Gasteiger partial charge on any atom is 0.0993 e. The van der Waals surface area contributed by atoms with Gasteiger partial charge >= 0.3 is 0 Å². The number of thioether (sulfide) groups is 1. The molecular weight excluding hydrogens is 152 g/mol. The van der Waals surface area contributed by atoms with Crippen molar-refractivity contribution in [2.45, 2.75) is 13.3 Å². The predicted octanol–water partition coefficient (Wildman–Crippen LogP) is 1.66. The first kappa shape index (κ1) is 8.98. The smallest absolute Gasteiger partial charge is 0.0993 e. The van der Waals surface area contributed by atoms with Crippen LogP contribution in [0.4, 0.5) is 0 Å². The Hall–Kier alpha value is -0.0200. The standard InChI is InChI=1S/C6H10OS2/c1-5(2)4-6(8-3)9-7/h1,4H2,2-3H3. The van der Waals surface area contributed by atoms with E-state index in [4.69, 9.17) is 0 Å². The third-order valence-electron chi connectivity index (χ3n) is 0.767. The summed E-state index contributed by atoms with van der Waals surface area (Å²) in [5.74, 6) is 0. The van der Waals surface area contributed by atoms with Crippen molar-refractivity contribution in [3.63, 3.8) is 0 Å².